The zero-order valence-electron chi connectivity index (χ0n) is 9.39. The number of hydrazine groups is 1. The Hall–Kier alpha value is -2.61. The van der Waals surface area contributed by atoms with E-state index in [0.29, 0.717) is 11.1 Å². The summed E-state index contributed by atoms with van der Waals surface area (Å²) in [5, 5.41) is 11.4. The maximum atomic E-state index is 11.4. The molecule has 94 valence electrons. The number of nitro groups is 1. The first-order valence-corrected chi connectivity index (χ1v) is 4.93. The number of aromatic amines is 1. The van der Waals surface area contributed by atoms with Crippen molar-refractivity contribution in [3.05, 3.63) is 34.0 Å². The Kier molecular flexibility index (Phi) is 2.86. The molecular formula is C10H10N4O4. The Bertz CT molecular complexity index is 634. The van der Waals surface area contributed by atoms with Gasteiger partial charge >= 0.3 is 0 Å². The molecule has 0 saturated heterocycles. The predicted octanol–water partition coefficient (Wildman–Crippen LogP) is 0.688. The number of rotatable bonds is 3. The number of carbonyl (C=O) groups is 1. The molecule has 18 heavy (non-hydrogen) atoms. The molecule has 0 fully saturated rings. The molecule has 0 unspecified atom stereocenters. The second-order valence-corrected chi connectivity index (χ2v) is 3.52. The summed E-state index contributed by atoms with van der Waals surface area (Å²) in [5.41, 5.74) is 2.17. The Labute approximate surface area is 101 Å². The fourth-order valence-electron chi connectivity index (χ4n) is 1.66. The van der Waals surface area contributed by atoms with E-state index < -0.39 is 10.8 Å². The number of nitrogens with zero attached hydrogens (tertiary/aromatic N) is 1. The average Bonchev–Trinajstić information content (AvgIpc) is 2.79. The smallest absolute Gasteiger partial charge is 0.296 e. The quantitative estimate of drug-likeness (QED) is 0.320. The van der Waals surface area contributed by atoms with Crippen molar-refractivity contribution in [2.24, 2.45) is 5.84 Å². The second kappa shape index (κ2) is 4.34. The van der Waals surface area contributed by atoms with Gasteiger partial charge in [-0.3, -0.25) is 20.3 Å². The molecule has 8 nitrogen and oxygen atoms in total. The number of methoxy groups -OCH3 is 1. The summed E-state index contributed by atoms with van der Waals surface area (Å²) in [6.45, 7) is 0. The second-order valence-electron chi connectivity index (χ2n) is 3.52. The maximum absolute atomic E-state index is 11.4. The predicted molar refractivity (Wildman–Crippen MR) is 63.2 cm³/mol. The molecule has 0 spiro atoms. The van der Waals surface area contributed by atoms with Gasteiger partial charge in [-0.2, -0.15) is 0 Å². The number of amides is 1. The van der Waals surface area contributed by atoms with E-state index in [0.717, 1.165) is 0 Å². The number of aromatic nitrogens is 1. The first kappa shape index (κ1) is 11.9. The Morgan fingerprint density at radius 3 is 2.78 bits per heavy atom. The average molecular weight is 250 g/mol. The normalized spacial score (nSPS) is 10.3. The van der Waals surface area contributed by atoms with Crippen molar-refractivity contribution >= 4 is 22.5 Å². The van der Waals surface area contributed by atoms with Gasteiger partial charge in [0.15, 0.2) is 0 Å². The van der Waals surface area contributed by atoms with Crippen LogP contribution in [0, 0.1) is 10.1 Å². The van der Waals surface area contributed by atoms with Crippen molar-refractivity contribution < 1.29 is 14.5 Å². The fraction of sp³-hybridized carbons (Fsp3) is 0.100. The number of ether oxygens (including phenoxy) is 1. The molecule has 8 heteroatoms. The van der Waals surface area contributed by atoms with Crippen LogP contribution in [0.1, 0.15) is 10.5 Å². The summed E-state index contributed by atoms with van der Waals surface area (Å²) in [5.74, 6) is 4.79. The number of hydrogen-bond acceptors (Lipinski definition) is 5. The SMILES string of the molecule is COc1cc([N+](=O)[O-])c2[nH]c(C(=O)NN)cc2c1. The maximum Gasteiger partial charge on any atom is 0.296 e. The lowest BCUT2D eigenvalue weighted by Gasteiger charge is -2.00. The van der Waals surface area contributed by atoms with Crippen LogP contribution < -0.4 is 16.0 Å². The molecule has 0 atom stereocenters. The number of nitro benzene ring substituents is 1. The van der Waals surface area contributed by atoms with Gasteiger partial charge in [0.25, 0.3) is 11.6 Å². The summed E-state index contributed by atoms with van der Waals surface area (Å²) < 4.78 is 4.97. The van der Waals surface area contributed by atoms with Crippen LogP contribution in [0.4, 0.5) is 5.69 Å². The largest absolute Gasteiger partial charge is 0.496 e. The highest BCUT2D eigenvalue weighted by atomic mass is 16.6. The Morgan fingerprint density at radius 1 is 1.50 bits per heavy atom. The number of nitrogens with two attached hydrogens (primary N) is 1. The van der Waals surface area contributed by atoms with E-state index in [-0.39, 0.29) is 16.9 Å². The highest BCUT2D eigenvalue weighted by Gasteiger charge is 2.18. The Morgan fingerprint density at radius 2 is 2.22 bits per heavy atom. The third kappa shape index (κ3) is 1.84. The van der Waals surface area contributed by atoms with Crippen molar-refractivity contribution in [3.8, 4) is 5.75 Å². The van der Waals surface area contributed by atoms with Crippen molar-refractivity contribution in [3.63, 3.8) is 0 Å². The molecule has 1 aromatic heterocycles. The van der Waals surface area contributed by atoms with Crippen LogP contribution in [0.25, 0.3) is 10.9 Å². The van der Waals surface area contributed by atoms with E-state index in [4.69, 9.17) is 10.6 Å². The van der Waals surface area contributed by atoms with E-state index in [2.05, 4.69) is 4.98 Å². The van der Waals surface area contributed by atoms with Crippen LogP contribution in [-0.4, -0.2) is 22.9 Å². The molecule has 2 aromatic rings. The summed E-state index contributed by atoms with van der Waals surface area (Å²) in [4.78, 5) is 24.4. The summed E-state index contributed by atoms with van der Waals surface area (Å²) in [6.07, 6.45) is 0. The summed E-state index contributed by atoms with van der Waals surface area (Å²) in [7, 11) is 1.41. The number of benzene rings is 1. The highest BCUT2D eigenvalue weighted by molar-refractivity contribution is 6.00. The standard InChI is InChI=1S/C10H10N4O4/c1-18-6-2-5-3-7(10(15)13-11)12-9(5)8(4-6)14(16)17/h2-4,12H,11H2,1H3,(H,13,15). The monoisotopic (exact) mass is 250 g/mol. The summed E-state index contributed by atoms with van der Waals surface area (Å²) >= 11 is 0. The molecule has 1 amide bonds. The van der Waals surface area contributed by atoms with Crippen LogP contribution in [0.5, 0.6) is 5.75 Å². The van der Waals surface area contributed by atoms with Gasteiger partial charge in [-0.15, -0.1) is 0 Å². The van der Waals surface area contributed by atoms with Gasteiger partial charge in [-0.05, 0) is 12.1 Å². The number of nitrogen functional groups attached to an aromatic ring is 1. The lowest BCUT2D eigenvalue weighted by molar-refractivity contribution is -0.383. The molecule has 0 aliphatic rings. The van der Waals surface area contributed by atoms with Crippen LogP contribution in [0.2, 0.25) is 0 Å². The number of H-pyrrole nitrogens is 1. The van der Waals surface area contributed by atoms with Crippen LogP contribution in [-0.2, 0) is 0 Å². The van der Waals surface area contributed by atoms with Crippen molar-refractivity contribution in [2.45, 2.75) is 0 Å². The third-order valence-electron chi connectivity index (χ3n) is 2.49. The molecule has 0 aliphatic heterocycles. The fourth-order valence-corrected chi connectivity index (χ4v) is 1.66. The molecule has 0 radical (unpaired) electrons. The number of hydrogen-bond donors (Lipinski definition) is 3. The minimum absolute atomic E-state index is 0.142. The first-order valence-electron chi connectivity index (χ1n) is 4.93. The zero-order chi connectivity index (χ0) is 13.3. The van der Waals surface area contributed by atoms with E-state index in [1.165, 1.54) is 19.2 Å². The van der Waals surface area contributed by atoms with Crippen LogP contribution in [0.15, 0.2) is 18.2 Å². The number of carbonyl (C=O) groups excluding carboxylic acids is 1. The molecule has 2 rings (SSSR count). The van der Waals surface area contributed by atoms with E-state index in [1.807, 2.05) is 5.43 Å². The van der Waals surface area contributed by atoms with E-state index in [1.54, 1.807) is 6.07 Å². The van der Waals surface area contributed by atoms with Gasteiger partial charge in [0.1, 0.15) is 17.0 Å². The van der Waals surface area contributed by atoms with Crippen molar-refractivity contribution in [2.75, 3.05) is 7.11 Å². The molecule has 1 heterocycles. The van der Waals surface area contributed by atoms with Gasteiger partial charge in [0.2, 0.25) is 0 Å². The van der Waals surface area contributed by atoms with Crippen LogP contribution in [0.3, 0.4) is 0 Å². The highest BCUT2D eigenvalue weighted by Crippen LogP contribution is 2.30. The topological polar surface area (TPSA) is 123 Å². The minimum atomic E-state index is -0.556. The molecule has 0 aliphatic carbocycles. The Balaban J connectivity index is 2.70. The molecule has 1 aromatic carbocycles. The van der Waals surface area contributed by atoms with Crippen molar-refractivity contribution in [1.82, 2.24) is 10.4 Å². The van der Waals surface area contributed by atoms with E-state index >= 15 is 0 Å². The van der Waals surface area contributed by atoms with Crippen molar-refractivity contribution in [1.29, 1.82) is 0 Å². The third-order valence-corrected chi connectivity index (χ3v) is 2.49. The zero-order valence-corrected chi connectivity index (χ0v) is 9.39. The van der Waals surface area contributed by atoms with E-state index in [9.17, 15) is 14.9 Å². The number of nitrogens with one attached hydrogen (secondary N) is 2. The molecular weight excluding hydrogens is 240 g/mol. The number of non-ortho nitro benzene ring substituents is 1. The van der Waals surface area contributed by atoms with Crippen LogP contribution >= 0.6 is 0 Å². The number of fused-ring (bicyclic) bond motifs is 1. The molecule has 0 bridgehead atoms. The van der Waals surface area contributed by atoms with Gasteiger partial charge in [0.05, 0.1) is 18.1 Å². The molecule has 4 N–H and O–H groups in total. The van der Waals surface area contributed by atoms with Gasteiger partial charge < -0.3 is 9.72 Å². The van der Waals surface area contributed by atoms with Gasteiger partial charge in [-0.25, -0.2) is 5.84 Å². The minimum Gasteiger partial charge on any atom is -0.496 e. The summed E-state index contributed by atoms with van der Waals surface area (Å²) in [6, 6.07) is 4.34. The first-order chi connectivity index (χ1) is 8.56. The van der Waals surface area contributed by atoms with Gasteiger partial charge in [0, 0.05) is 5.39 Å². The lowest BCUT2D eigenvalue weighted by atomic mass is 10.2. The van der Waals surface area contributed by atoms with Gasteiger partial charge in [-0.1, -0.05) is 0 Å². The molecule has 0 saturated carbocycles. The lowest BCUT2D eigenvalue weighted by Crippen LogP contribution is -2.30.